The standard InChI is InChI=1S/C26H21BrF9N3/c1-2-19-11-22(20-10-15(24(28,29)30)3-4-21(20)38-19)39-23-14(8-18(27)12-37-23)5-13-6-16(25(31,32)33)9-17(7-13)26(34,35)36/h3-4,6-10,12,19,22,38H,2,5,11H2,1H3,(H,37,39)/t19-,22-/m1/s1. The number of hydrogen-bond donors (Lipinski definition) is 2. The Labute approximate surface area is 226 Å². The van der Waals surface area contributed by atoms with Crippen LogP contribution in [0.2, 0.25) is 0 Å². The minimum atomic E-state index is -5.00. The fourth-order valence-corrected chi connectivity index (χ4v) is 4.89. The average molecular weight is 626 g/mol. The minimum absolute atomic E-state index is 0.0525. The van der Waals surface area contributed by atoms with E-state index < -0.39 is 41.3 Å². The Morgan fingerprint density at radius 1 is 0.872 bits per heavy atom. The molecule has 13 heteroatoms. The second kappa shape index (κ2) is 10.5. The van der Waals surface area contributed by atoms with Gasteiger partial charge >= 0.3 is 18.5 Å². The molecule has 0 saturated carbocycles. The number of hydrogen-bond acceptors (Lipinski definition) is 3. The van der Waals surface area contributed by atoms with Gasteiger partial charge in [0, 0.05) is 28.8 Å². The van der Waals surface area contributed by atoms with Crippen LogP contribution in [0.25, 0.3) is 0 Å². The van der Waals surface area contributed by atoms with Crippen LogP contribution in [-0.2, 0) is 24.9 Å². The van der Waals surface area contributed by atoms with Gasteiger partial charge in [-0.1, -0.05) is 6.92 Å². The summed E-state index contributed by atoms with van der Waals surface area (Å²) >= 11 is 3.22. The SMILES string of the molecule is CC[C@@H]1C[C@@H](Nc2ncc(Br)cc2Cc2cc(C(F)(F)F)cc(C(F)(F)F)c2)c2cc(C(F)(F)F)ccc2N1. The summed E-state index contributed by atoms with van der Waals surface area (Å²) in [5.74, 6) is 0.134. The number of fused-ring (bicyclic) bond motifs is 1. The molecule has 2 heterocycles. The van der Waals surface area contributed by atoms with Gasteiger partial charge in [0.25, 0.3) is 0 Å². The Bertz CT molecular complexity index is 1320. The predicted molar refractivity (Wildman–Crippen MR) is 131 cm³/mol. The van der Waals surface area contributed by atoms with Gasteiger partial charge in [-0.25, -0.2) is 4.98 Å². The molecule has 1 aliphatic heterocycles. The van der Waals surface area contributed by atoms with Gasteiger partial charge in [-0.15, -0.1) is 0 Å². The Kier molecular flexibility index (Phi) is 7.85. The minimum Gasteiger partial charge on any atom is -0.382 e. The molecule has 0 bridgehead atoms. The summed E-state index contributed by atoms with van der Waals surface area (Å²) < 4.78 is 121. The number of anilines is 2. The van der Waals surface area contributed by atoms with Crippen molar-refractivity contribution >= 4 is 27.4 Å². The van der Waals surface area contributed by atoms with Crippen molar-refractivity contribution in [1.82, 2.24) is 4.98 Å². The first kappa shape index (κ1) is 29.0. The largest absolute Gasteiger partial charge is 0.416 e. The summed E-state index contributed by atoms with van der Waals surface area (Å²) in [6.45, 7) is 1.90. The predicted octanol–water partition coefficient (Wildman–Crippen LogP) is 9.24. The van der Waals surface area contributed by atoms with E-state index in [4.69, 9.17) is 0 Å². The van der Waals surface area contributed by atoms with Crippen LogP contribution in [0.1, 0.15) is 59.2 Å². The van der Waals surface area contributed by atoms with Crippen molar-refractivity contribution in [2.75, 3.05) is 10.6 Å². The lowest BCUT2D eigenvalue weighted by Crippen LogP contribution is -2.31. The Hall–Kier alpha value is -2.96. The molecule has 2 N–H and O–H groups in total. The zero-order valence-electron chi connectivity index (χ0n) is 20.1. The van der Waals surface area contributed by atoms with E-state index in [2.05, 4.69) is 31.5 Å². The molecule has 1 aromatic heterocycles. The monoisotopic (exact) mass is 625 g/mol. The number of alkyl halides is 9. The number of nitrogens with one attached hydrogen (secondary N) is 2. The van der Waals surface area contributed by atoms with Crippen LogP contribution in [0.15, 0.2) is 53.1 Å². The zero-order valence-corrected chi connectivity index (χ0v) is 21.7. The number of aromatic nitrogens is 1. The third kappa shape index (κ3) is 6.79. The van der Waals surface area contributed by atoms with Crippen molar-refractivity contribution in [3.63, 3.8) is 0 Å². The molecule has 4 rings (SSSR count). The molecule has 39 heavy (non-hydrogen) atoms. The molecule has 0 spiro atoms. The number of benzene rings is 2. The van der Waals surface area contributed by atoms with Crippen LogP contribution < -0.4 is 10.6 Å². The van der Waals surface area contributed by atoms with E-state index in [1.165, 1.54) is 18.3 Å². The second-order valence-electron chi connectivity index (χ2n) is 9.23. The van der Waals surface area contributed by atoms with Crippen molar-refractivity contribution < 1.29 is 39.5 Å². The van der Waals surface area contributed by atoms with Crippen molar-refractivity contribution in [3.8, 4) is 0 Å². The summed E-state index contributed by atoms with van der Waals surface area (Å²) in [5, 5.41) is 6.30. The molecule has 0 aliphatic carbocycles. The van der Waals surface area contributed by atoms with Crippen LogP contribution in [-0.4, -0.2) is 11.0 Å². The van der Waals surface area contributed by atoms with Gasteiger partial charge in [0.15, 0.2) is 0 Å². The topological polar surface area (TPSA) is 37.0 Å². The van der Waals surface area contributed by atoms with E-state index in [9.17, 15) is 39.5 Å². The van der Waals surface area contributed by atoms with Gasteiger partial charge < -0.3 is 10.6 Å². The third-order valence-electron chi connectivity index (χ3n) is 6.41. The first-order valence-corrected chi connectivity index (χ1v) is 12.5. The molecule has 0 amide bonds. The smallest absolute Gasteiger partial charge is 0.382 e. The molecular formula is C26H21BrF9N3. The van der Waals surface area contributed by atoms with Crippen LogP contribution in [0.3, 0.4) is 0 Å². The highest BCUT2D eigenvalue weighted by atomic mass is 79.9. The lowest BCUT2D eigenvalue weighted by molar-refractivity contribution is -0.143. The molecular weight excluding hydrogens is 605 g/mol. The highest BCUT2D eigenvalue weighted by Crippen LogP contribution is 2.41. The number of halogens is 10. The van der Waals surface area contributed by atoms with Crippen LogP contribution in [0, 0.1) is 0 Å². The third-order valence-corrected chi connectivity index (χ3v) is 6.85. The fraction of sp³-hybridized carbons (Fsp3) is 0.346. The van der Waals surface area contributed by atoms with E-state index in [1.807, 2.05) is 6.92 Å². The Balaban J connectivity index is 1.74. The van der Waals surface area contributed by atoms with E-state index >= 15 is 0 Å². The molecule has 210 valence electrons. The highest BCUT2D eigenvalue weighted by Gasteiger charge is 2.37. The molecule has 0 saturated heterocycles. The maximum Gasteiger partial charge on any atom is 0.416 e. The molecule has 0 fully saturated rings. The van der Waals surface area contributed by atoms with E-state index in [1.54, 1.807) is 0 Å². The Morgan fingerprint density at radius 2 is 1.49 bits per heavy atom. The second-order valence-corrected chi connectivity index (χ2v) is 10.1. The van der Waals surface area contributed by atoms with Gasteiger partial charge in [0.1, 0.15) is 5.82 Å². The van der Waals surface area contributed by atoms with Crippen LogP contribution in [0.4, 0.5) is 51.0 Å². The molecule has 2 atom stereocenters. The molecule has 0 unspecified atom stereocenters. The summed E-state index contributed by atoms with van der Waals surface area (Å²) in [5.41, 5.74) is -2.91. The van der Waals surface area contributed by atoms with E-state index in [-0.39, 0.29) is 35.5 Å². The summed E-state index contributed by atoms with van der Waals surface area (Å²) in [7, 11) is 0. The van der Waals surface area contributed by atoms with E-state index in [0.29, 0.717) is 40.7 Å². The normalized spacial score (nSPS) is 17.9. The van der Waals surface area contributed by atoms with Gasteiger partial charge in [0.05, 0.1) is 22.7 Å². The van der Waals surface area contributed by atoms with Gasteiger partial charge in [-0.05, 0) is 87.9 Å². The average Bonchev–Trinajstić information content (AvgIpc) is 2.83. The van der Waals surface area contributed by atoms with Gasteiger partial charge in [0.2, 0.25) is 0 Å². The fourth-order valence-electron chi connectivity index (χ4n) is 4.51. The molecule has 1 aliphatic rings. The maximum absolute atomic E-state index is 13.4. The van der Waals surface area contributed by atoms with Gasteiger partial charge in [-0.2, -0.15) is 39.5 Å². The number of nitrogens with zero attached hydrogens (tertiary/aromatic N) is 1. The first-order valence-electron chi connectivity index (χ1n) is 11.7. The summed E-state index contributed by atoms with van der Waals surface area (Å²) in [6.07, 6.45) is -12.5. The Morgan fingerprint density at radius 3 is 2.05 bits per heavy atom. The highest BCUT2D eigenvalue weighted by molar-refractivity contribution is 9.10. The molecule has 2 aromatic carbocycles. The van der Waals surface area contributed by atoms with Crippen LogP contribution >= 0.6 is 15.9 Å². The number of rotatable bonds is 5. The lowest BCUT2D eigenvalue weighted by Gasteiger charge is -2.34. The van der Waals surface area contributed by atoms with Crippen molar-refractivity contribution in [2.24, 2.45) is 0 Å². The van der Waals surface area contributed by atoms with E-state index in [0.717, 1.165) is 12.1 Å². The van der Waals surface area contributed by atoms with Crippen molar-refractivity contribution in [2.45, 2.75) is 56.8 Å². The first-order chi connectivity index (χ1) is 18.0. The summed E-state index contributed by atoms with van der Waals surface area (Å²) in [6, 6.07) is 5.40. The lowest BCUT2D eigenvalue weighted by atomic mass is 9.90. The van der Waals surface area contributed by atoms with Crippen LogP contribution in [0.5, 0.6) is 0 Å². The van der Waals surface area contributed by atoms with Crippen molar-refractivity contribution in [3.05, 3.63) is 86.5 Å². The summed E-state index contributed by atoms with van der Waals surface area (Å²) in [4.78, 5) is 4.26. The van der Waals surface area contributed by atoms with Crippen molar-refractivity contribution in [1.29, 1.82) is 0 Å². The molecule has 3 nitrogen and oxygen atoms in total. The number of pyridine rings is 1. The molecule has 3 aromatic rings. The quantitative estimate of drug-likeness (QED) is 0.278. The maximum atomic E-state index is 13.4. The zero-order chi connectivity index (χ0) is 28.8. The molecule has 0 radical (unpaired) electrons. The van der Waals surface area contributed by atoms with Gasteiger partial charge in [-0.3, -0.25) is 0 Å².